The second kappa shape index (κ2) is 6.57. The van der Waals surface area contributed by atoms with Gasteiger partial charge in [-0.2, -0.15) is 0 Å². The van der Waals surface area contributed by atoms with Crippen LogP contribution in [-0.4, -0.2) is 20.8 Å². The van der Waals surface area contributed by atoms with E-state index in [0.29, 0.717) is 5.56 Å². The van der Waals surface area contributed by atoms with Crippen LogP contribution < -0.4 is 5.32 Å². The Hall–Kier alpha value is -3.09. The Balaban J connectivity index is 2.13. The highest BCUT2D eigenvalue weighted by atomic mass is 16.6. The molecule has 0 atom stereocenters. The molecule has 0 radical (unpaired) electrons. The zero-order chi connectivity index (χ0) is 16.1. The number of anilines is 1. The third-order valence-corrected chi connectivity index (χ3v) is 2.77. The zero-order valence-corrected chi connectivity index (χ0v) is 12.1. The number of nitrogens with one attached hydrogen (secondary N) is 1. The predicted molar refractivity (Wildman–Crippen MR) is 82.3 cm³/mol. The van der Waals surface area contributed by atoms with Gasteiger partial charge in [-0.3, -0.25) is 20.2 Å². The van der Waals surface area contributed by atoms with Gasteiger partial charge in [0.2, 0.25) is 5.95 Å². The molecular formula is C15H14N4O3. The largest absolute Gasteiger partial charge is 0.291 e. The number of nitro groups is 1. The Morgan fingerprint density at radius 1 is 1.23 bits per heavy atom. The number of benzene rings is 1. The Labute approximate surface area is 126 Å². The summed E-state index contributed by atoms with van der Waals surface area (Å²) in [7, 11) is 0. The molecule has 22 heavy (non-hydrogen) atoms. The molecule has 0 aliphatic carbocycles. The summed E-state index contributed by atoms with van der Waals surface area (Å²) in [6.07, 6.45) is 2.60. The number of carbonyl (C=O) groups is 1. The van der Waals surface area contributed by atoms with Crippen LogP contribution >= 0.6 is 0 Å². The van der Waals surface area contributed by atoms with Gasteiger partial charge in [0, 0.05) is 23.5 Å². The van der Waals surface area contributed by atoms with Gasteiger partial charge in [0.05, 0.1) is 10.5 Å². The highest BCUT2D eigenvalue weighted by Crippen LogP contribution is 2.18. The normalized spacial score (nSPS) is 10.6. The minimum absolute atomic E-state index is 0.0609. The average molecular weight is 298 g/mol. The first-order valence-electron chi connectivity index (χ1n) is 6.50. The number of aromatic nitrogens is 2. The summed E-state index contributed by atoms with van der Waals surface area (Å²) in [5.74, 6) is -0.252. The van der Waals surface area contributed by atoms with Gasteiger partial charge in [-0.05, 0) is 32.1 Å². The first-order chi connectivity index (χ1) is 10.5. The van der Waals surface area contributed by atoms with Gasteiger partial charge in [0.25, 0.3) is 11.6 Å². The van der Waals surface area contributed by atoms with E-state index in [1.54, 1.807) is 38.1 Å². The van der Waals surface area contributed by atoms with E-state index in [4.69, 9.17) is 0 Å². The Kier molecular flexibility index (Phi) is 4.57. The number of hydrogen-bond acceptors (Lipinski definition) is 5. The fraction of sp³-hybridized carbons (Fsp3) is 0.133. The lowest BCUT2D eigenvalue weighted by Crippen LogP contribution is -2.11. The van der Waals surface area contributed by atoms with Crippen molar-refractivity contribution in [3.05, 3.63) is 63.5 Å². The van der Waals surface area contributed by atoms with Gasteiger partial charge in [-0.25, -0.2) is 9.97 Å². The number of aryl methyl sites for hydroxylation is 2. The lowest BCUT2D eigenvalue weighted by molar-refractivity contribution is -0.385. The lowest BCUT2D eigenvalue weighted by Gasteiger charge is -2.03. The van der Waals surface area contributed by atoms with Crippen LogP contribution in [0.4, 0.5) is 11.6 Å². The molecular weight excluding hydrogens is 284 g/mol. The molecule has 0 saturated heterocycles. The van der Waals surface area contributed by atoms with E-state index >= 15 is 0 Å². The number of amides is 1. The van der Waals surface area contributed by atoms with Crippen molar-refractivity contribution in [3.63, 3.8) is 0 Å². The van der Waals surface area contributed by atoms with E-state index in [1.165, 1.54) is 18.2 Å². The van der Waals surface area contributed by atoms with E-state index in [9.17, 15) is 14.9 Å². The van der Waals surface area contributed by atoms with Gasteiger partial charge in [-0.1, -0.05) is 12.1 Å². The molecule has 112 valence electrons. The van der Waals surface area contributed by atoms with Gasteiger partial charge in [0.15, 0.2) is 0 Å². The summed E-state index contributed by atoms with van der Waals surface area (Å²) in [6.45, 7) is 3.60. The van der Waals surface area contributed by atoms with E-state index in [0.717, 1.165) is 11.4 Å². The zero-order valence-electron chi connectivity index (χ0n) is 12.1. The van der Waals surface area contributed by atoms with Crippen LogP contribution in [0.1, 0.15) is 17.0 Å². The number of nitro benzene ring substituents is 1. The molecule has 7 nitrogen and oxygen atoms in total. The second-order valence-corrected chi connectivity index (χ2v) is 4.61. The first-order valence-corrected chi connectivity index (χ1v) is 6.50. The van der Waals surface area contributed by atoms with Crippen LogP contribution in [0.2, 0.25) is 0 Å². The molecule has 0 saturated carbocycles. The molecule has 1 aromatic carbocycles. The number of nitrogens with zero attached hydrogens (tertiary/aromatic N) is 3. The second-order valence-electron chi connectivity index (χ2n) is 4.61. The molecule has 7 heteroatoms. The molecule has 1 aromatic heterocycles. The van der Waals surface area contributed by atoms with E-state index in [2.05, 4.69) is 15.3 Å². The summed E-state index contributed by atoms with van der Waals surface area (Å²) >= 11 is 0. The third-order valence-electron chi connectivity index (χ3n) is 2.77. The lowest BCUT2D eigenvalue weighted by atomic mass is 10.1. The maximum atomic E-state index is 11.8. The fourth-order valence-electron chi connectivity index (χ4n) is 1.89. The van der Waals surface area contributed by atoms with Crippen LogP contribution in [0.15, 0.2) is 36.4 Å². The van der Waals surface area contributed by atoms with Crippen LogP contribution in [0.3, 0.4) is 0 Å². The van der Waals surface area contributed by atoms with Gasteiger partial charge >= 0.3 is 0 Å². The molecule has 0 unspecified atom stereocenters. The van der Waals surface area contributed by atoms with Crippen LogP contribution in [0.5, 0.6) is 0 Å². The highest BCUT2D eigenvalue weighted by Gasteiger charge is 2.10. The quantitative estimate of drug-likeness (QED) is 0.531. The van der Waals surface area contributed by atoms with Crippen LogP contribution in [-0.2, 0) is 4.79 Å². The average Bonchev–Trinajstić information content (AvgIpc) is 2.44. The summed E-state index contributed by atoms with van der Waals surface area (Å²) in [5.41, 5.74) is 1.77. The number of carbonyl (C=O) groups excluding carboxylic acids is 1. The Bertz CT molecular complexity index is 736. The van der Waals surface area contributed by atoms with Crippen molar-refractivity contribution in [2.24, 2.45) is 0 Å². The maximum absolute atomic E-state index is 11.8. The maximum Gasteiger partial charge on any atom is 0.276 e. The molecule has 1 heterocycles. The molecule has 0 spiro atoms. The summed E-state index contributed by atoms with van der Waals surface area (Å²) < 4.78 is 0. The minimum atomic E-state index is -0.495. The van der Waals surface area contributed by atoms with Crippen molar-refractivity contribution in [2.75, 3.05) is 5.32 Å². The van der Waals surface area contributed by atoms with Crippen LogP contribution in [0, 0.1) is 24.0 Å². The molecule has 2 aromatic rings. The van der Waals surface area contributed by atoms with Gasteiger partial charge in [-0.15, -0.1) is 0 Å². The van der Waals surface area contributed by atoms with Crippen molar-refractivity contribution in [2.45, 2.75) is 13.8 Å². The van der Waals surface area contributed by atoms with E-state index in [1.807, 2.05) is 0 Å². The molecule has 0 aliphatic heterocycles. The Morgan fingerprint density at radius 2 is 1.86 bits per heavy atom. The molecule has 0 bridgehead atoms. The summed E-state index contributed by atoms with van der Waals surface area (Å²) in [4.78, 5) is 30.4. The summed E-state index contributed by atoms with van der Waals surface area (Å²) in [6, 6.07) is 7.97. The topological polar surface area (TPSA) is 98.0 Å². The van der Waals surface area contributed by atoms with Gasteiger partial charge in [0.1, 0.15) is 0 Å². The van der Waals surface area contributed by atoms with E-state index in [-0.39, 0.29) is 11.6 Å². The molecule has 1 amide bonds. The van der Waals surface area contributed by atoms with Crippen molar-refractivity contribution >= 4 is 23.6 Å². The van der Waals surface area contributed by atoms with Crippen molar-refractivity contribution in [1.29, 1.82) is 0 Å². The van der Waals surface area contributed by atoms with Gasteiger partial charge < -0.3 is 0 Å². The monoisotopic (exact) mass is 298 g/mol. The predicted octanol–water partition coefficient (Wildman–Crippen LogP) is 2.65. The van der Waals surface area contributed by atoms with Crippen molar-refractivity contribution in [1.82, 2.24) is 9.97 Å². The molecule has 2 rings (SSSR count). The Morgan fingerprint density at radius 3 is 2.50 bits per heavy atom. The smallest absolute Gasteiger partial charge is 0.276 e. The SMILES string of the molecule is Cc1cc(C)nc(NC(=O)/C=C/c2ccccc2[N+](=O)[O-])n1. The number of rotatable bonds is 4. The minimum Gasteiger partial charge on any atom is -0.291 e. The first kappa shape index (κ1) is 15.3. The van der Waals surface area contributed by atoms with E-state index < -0.39 is 10.8 Å². The molecule has 0 fully saturated rings. The van der Waals surface area contributed by atoms with Crippen molar-refractivity contribution in [3.8, 4) is 0 Å². The molecule has 1 N–H and O–H groups in total. The fourth-order valence-corrected chi connectivity index (χ4v) is 1.89. The number of para-hydroxylation sites is 1. The molecule has 0 aliphatic rings. The third kappa shape index (κ3) is 3.95. The standard InChI is InChI=1S/C15H14N4O3/c1-10-9-11(2)17-15(16-10)18-14(20)8-7-12-5-3-4-6-13(12)19(21)22/h3-9H,1-2H3,(H,16,17,18,20)/b8-7+. The number of hydrogen-bond donors (Lipinski definition) is 1. The highest BCUT2D eigenvalue weighted by molar-refractivity contribution is 6.01. The summed E-state index contributed by atoms with van der Waals surface area (Å²) in [5, 5.41) is 13.4. The van der Waals surface area contributed by atoms with Crippen LogP contribution in [0.25, 0.3) is 6.08 Å². The van der Waals surface area contributed by atoms with Crippen molar-refractivity contribution < 1.29 is 9.72 Å².